The van der Waals surface area contributed by atoms with Gasteiger partial charge in [0, 0.05) is 35.7 Å². The molecule has 6 heteroatoms. The van der Waals surface area contributed by atoms with Gasteiger partial charge in [0.25, 0.3) is 5.91 Å². The molecular weight excluding hydrogens is 420 g/mol. The van der Waals surface area contributed by atoms with E-state index < -0.39 is 0 Å². The molecule has 0 unspecified atom stereocenters. The third-order valence-corrected chi connectivity index (χ3v) is 5.43. The average Bonchev–Trinajstić information content (AvgIpc) is 2.70. The predicted molar refractivity (Wildman–Crippen MR) is 113 cm³/mol. The first-order valence-electron chi connectivity index (χ1n) is 9.49. The Morgan fingerprint density at radius 2 is 1.71 bits per heavy atom. The fourth-order valence-corrected chi connectivity index (χ4v) is 3.55. The SMILES string of the molecule is CC(=O)c1ccc(OCC(=O)NC2CCN(Cc3ccc(Br)cc3)CC2)cc1. The lowest BCUT2D eigenvalue weighted by Crippen LogP contribution is -2.45. The summed E-state index contributed by atoms with van der Waals surface area (Å²) in [5.41, 5.74) is 1.93. The molecule has 1 aliphatic rings. The Morgan fingerprint density at radius 3 is 2.32 bits per heavy atom. The number of ketones is 1. The zero-order valence-corrected chi connectivity index (χ0v) is 17.6. The van der Waals surface area contributed by atoms with E-state index in [1.807, 2.05) is 0 Å². The number of carbonyl (C=O) groups is 2. The highest BCUT2D eigenvalue weighted by Gasteiger charge is 2.20. The molecule has 1 fully saturated rings. The van der Waals surface area contributed by atoms with Gasteiger partial charge in [0.1, 0.15) is 5.75 Å². The van der Waals surface area contributed by atoms with Crippen LogP contribution in [0.25, 0.3) is 0 Å². The molecule has 148 valence electrons. The standard InChI is InChI=1S/C22H25BrN2O3/c1-16(26)18-4-8-21(9-5-18)28-15-22(27)24-20-10-12-25(13-11-20)14-17-2-6-19(23)7-3-17/h2-9,20H,10-15H2,1H3,(H,24,27). The highest BCUT2D eigenvalue weighted by Crippen LogP contribution is 2.16. The molecule has 5 nitrogen and oxygen atoms in total. The second-order valence-corrected chi connectivity index (χ2v) is 8.03. The van der Waals surface area contributed by atoms with E-state index in [4.69, 9.17) is 4.74 Å². The second-order valence-electron chi connectivity index (χ2n) is 7.11. The van der Waals surface area contributed by atoms with Crippen LogP contribution in [0, 0.1) is 0 Å². The Hall–Kier alpha value is -2.18. The lowest BCUT2D eigenvalue weighted by atomic mass is 10.0. The molecule has 0 aromatic heterocycles. The zero-order valence-electron chi connectivity index (χ0n) is 16.0. The van der Waals surface area contributed by atoms with Crippen molar-refractivity contribution in [2.24, 2.45) is 0 Å². The third-order valence-electron chi connectivity index (χ3n) is 4.90. The highest BCUT2D eigenvalue weighted by atomic mass is 79.9. The molecule has 1 amide bonds. The molecule has 1 heterocycles. The van der Waals surface area contributed by atoms with E-state index in [1.54, 1.807) is 24.3 Å². The first kappa shape index (κ1) is 20.6. The van der Waals surface area contributed by atoms with Gasteiger partial charge in [-0.2, -0.15) is 0 Å². The zero-order chi connectivity index (χ0) is 19.9. The lowest BCUT2D eigenvalue weighted by molar-refractivity contribution is -0.124. The van der Waals surface area contributed by atoms with E-state index in [9.17, 15) is 9.59 Å². The predicted octanol–water partition coefficient (Wildman–Crippen LogP) is 3.81. The molecule has 2 aromatic rings. The lowest BCUT2D eigenvalue weighted by Gasteiger charge is -2.32. The third kappa shape index (κ3) is 6.17. The van der Waals surface area contributed by atoms with Crippen molar-refractivity contribution in [1.82, 2.24) is 10.2 Å². The van der Waals surface area contributed by atoms with Crippen molar-refractivity contribution in [3.05, 3.63) is 64.1 Å². The molecule has 1 N–H and O–H groups in total. The van der Waals surface area contributed by atoms with E-state index >= 15 is 0 Å². The summed E-state index contributed by atoms with van der Waals surface area (Å²) in [6, 6.07) is 15.4. The molecular formula is C22H25BrN2O3. The summed E-state index contributed by atoms with van der Waals surface area (Å²) >= 11 is 3.46. The molecule has 3 rings (SSSR count). The van der Waals surface area contributed by atoms with Gasteiger partial charge in [-0.3, -0.25) is 14.5 Å². The summed E-state index contributed by atoms with van der Waals surface area (Å²) in [6.45, 7) is 4.38. The molecule has 0 bridgehead atoms. The molecule has 2 aromatic carbocycles. The summed E-state index contributed by atoms with van der Waals surface area (Å²) in [6.07, 6.45) is 1.88. The van der Waals surface area contributed by atoms with E-state index in [-0.39, 0.29) is 24.3 Å². The van der Waals surface area contributed by atoms with Crippen LogP contribution in [0.15, 0.2) is 53.0 Å². The fraction of sp³-hybridized carbons (Fsp3) is 0.364. The topological polar surface area (TPSA) is 58.6 Å². The number of piperidine rings is 1. The number of ether oxygens (including phenoxy) is 1. The normalized spacial score (nSPS) is 15.2. The van der Waals surface area contributed by atoms with Crippen molar-refractivity contribution in [2.75, 3.05) is 19.7 Å². The molecule has 0 saturated carbocycles. The van der Waals surface area contributed by atoms with Gasteiger partial charge < -0.3 is 10.1 Å². The van der Waals surface area contributed by atoms with Crippen molar-refractivity contribution in [2.45, 2.75) is 32.4 Å². The number of likely N-dealkylation sites (tertiary alicyclic amines) is 1. The van der Waals surface area contributed by atoms with Gasteiger partial charge in [0.2, 0.25) is 0 Å². The number of nitrogens with zero attached hydrogens (tertiary/aromatic N) is 1. The minimum absolute atomic E-state index is 0.00997. The summed E-state index contributed by atoms with van der Waals surface area (Å²) in [7, 11) is 0. The number of carbonyl (C=O) groups excluding carboxylic acids is 2. The molecule has 0 aliphatic carbocycles. The largest absolute Gasteiger partial charge is 0.484 e. The van der Waals surface area contributed by atoms with Gasteiger partial charge in [-0.25, -0.2) is 0 Å². The van der Waals surface area contributed by atoms with Gasteiger partial charge in [0.05, 0.1) is 0 Å². The van der Waals surface area contributed by atoms with Crippen LogP contribution >= 0.6 is 15.9 Å². The maximum absolute atomic E-state index is 12.2. The van der Waals surface area contributed by atoms with Gasteiger partial charge >= 0.3 is 0 Å². The average molecular weight is 445 g/mol. The molecule has 1 saturated heterocycles. The van der Waals surface area contributed by atoms with Crippen molar-refractivity contribution < 1.29 is 14.3 Å². The number of halogens is 1. The van der Waals surface area contributed by atoms with Gasteiger partial charge in [0.15, 0.2) is 12.4 Å². The molecule has 28 heavy (non-hydrogen) atoms. The van der Waals surface area contributed by atoms with Crippen LogP contribution in [-0.4, -0.2) is 42.3 Å². The highest BCUT2D eigenvalue weighted by molar-refractivity contribution is 9.10. The maximum atomic E-state index is 12.2. The monoisotopic (exact) mass is 444 g/mol. The molecule has 1 aliphatic heterocycles. The molecule has 0 spiro atoms. The van der Waals surface area contributed by atoms with Gasteiger partial charge in [-0.15, -0.1) is 0 Å². The Labute approximate surface area is 174 Å². The second kappa shape index (κ2) is 9.85. The van der Waals surface area contributed by atoms with E-state index in [0.717, 1.165) is 36.9 Å². The Kier molecular flexibility index (Phi) is 7.23. The van der Waals surface area contributed by atoms with Crippen LogP contribution in [0.2, 0.25) is 0 Å². The van der Waals surface area contributed by atoms with Crippen LogP contribution in [-0.2, 0) is 11.3 Å². The number of nitrogens with one attached hydrogen (secondary N) is 1. The number of amides is 1. The fourth-order valence-electron chi connectivity index (χ4n) is 3.29. The quantitative estimate of drug-likeness (QED) is 0.659. The summed E-state index contributed by atoms with van der Waals surface area (Å²) in [4.78, 5) is 25.8. The Bertz CT molecular complexity index is 798. The number of hydrogen-bond donors (Lipinski definition) is 1. The summed E-state index contributed by atoms with van der Waals surface area (Å²) in [5, 5.41) is 3.06. The van der Waals surface area contributed by atoms with Crippen molar-refractivity contribution in [3.8, 4) is 5.75 Å². The summed E-state index contributed by atoms with van der Waals surface area (Å²) in [5.74, 6) is 0.488. The number of hydrogen-bond acceptors (Lipinski definition) is 4. The molecule has 0 atom stereocenters. The Morgan fingerprint density at radius 1 is 1.07 bits per heavy atom. The molecule has 0 radical (unpaired) electrons. The van der Waals surface area contributed by atoms with Crippen molar-refractivity contribution >= 4 is 27.6 Å². The van der Waals surface area contributed by atoms with Crippen LogP contribution < -0.4 is 10.1 Å². The number of benzene rings is 2. The van der Waals surface area contributed by atoms with Crippen LogP contribution in [0.5, 0.6) is 5.75 Å². The van der Waals surface area contributed by atoms with Gasteiger partial charge in [-0.05, 0) is 61.7 Å². The van der Waals surface area contributed by atoms with Crippen LogP contribution in [0.4, 0.5) is 0 Å². The van der Waals surface area contributed by atoms with Crippen molar-refractivity contribution in [3.63, 3.8) is 0 Å². The smallest absolute Gasteiger partial charge is 0.258 e. The Balaban J connectivity index is 1.37. The van der Waals surface area contributed by atoms with Crippen LogP contribution in [0.3, 0.4) is 0 Å². The minimum Gasteiger partial charge on any atom is -0.484 e. The first-order chi connectivity index (χ1) is 13.5. The van der Waals surface area contributed by atoms with E-state index in [1.165, 1.54) is 12.5 Å². The van der Waals surface area contributed by atoms with Crippen LogP contribution in [0.1, 0.15) is 35.7 Å². The number of Topliss-reactive ketones (excluding diaryl/α,β-unsaturated/α-hetero) is 1. The summed E-state index contributed by atoms with van der Waals surface area (Å²) < 4.78 is 6.61. The first-order valence-corrected chi connectivity index (χ1v) is 10.3. The number of rotatable bonds is 7. The maximum Gasteiger partial charge on any atom is 0.258 e. The van der Waals surface area contributed by atoms with E-state index in [2.05, 4.69) is 50.4 Å². The minimum atomic E-state index is -0.109. The van der Waals surface area contributed by atoms with E-state index in [0.29, 0.717) is 11.3 Å². The van der Waals surface area contributed by atoms with Gasteiger partial charge in [-0.1, -0.05) is 28.1 Å². The van der Waals surface area contributed by atoms with Crippen molar-refractivity contribution in [1.29, 1.82) is 0 Å².